The maximum Gasteiger partial charge on any atom is 0.224 e. The Morgan fingerprint density at radius 3 is 2.22 bits per heavy atom. The van der Waals surface area contributed by atoms with Crippen LogP contribution in [0.4, 0.5) is 5.69 Å². The molecule has 27 heavy (non-hydrogen) atoms. The summed E-state index contributed by atoms with van der Waals surface area (Å²) in [6.07, 6.45) is 3.92. The normalized spacial score (nSPS) is 11.2. The van der Waals surface area contributed by atoms with Crippen molar-refractivity contribution in [3.8, 4) is 0 Å². The lowest BCUT2D eigenvalue weighted by atomic mass is 10.1. The van der Waals surface area contributed by atoms with E-state index in [9.17, 15) is 14.4 Å². The first kappa shape index (κ1) is 22.4. The number of nitrogens with one attached hydrogen (secondary N) is 3. The molecule has 6 heteroatoms. The summed E-state index contributed by atoms with van der Waals surface area (Å²) in [6.45, 7) is 5.96. The second kappa shape index (κ2) is 11.9. The zero-order valence-corrected chi connectivity index (χ0v) is 16.7. The lowest BCUT2D eigenvalue weighted by molar-refractivity contribution is -0.121. The first-order valence-electron chi connectivity index (χ1n) is 9.37. The minimum absolute atomic E-state index is 0.0632. The summed E-state index contributed by atoms with van der Waals surface area (Å²) in [7, 11) is 1.58. The van der Waals surface area contributed by atoms with Gasteiger partial charge in [-0.25, -0.2) is 0 Å². The number of allylic oxidation sites excluding steroid dienone is 2. The molecule has 0 aromatic heterocycles. The lowest BCUT2D eigenvalue weighted by Crippen LogP contribution is -2.21. The van der Waals surface area contributed by atoms with Crippen LogP contribution in [0.1, 0.15) is 52.0 Å². The van der Waals surface area contributed by atoms with E-state index in [0.29, 0.717) is 43.8 Å². The van der Waals surface area contributed by atoms with E-state index in [4.69, 9.17) is 0 Å². The molecule has 1 rings (SSSR count). The molecular formula is C21H31N3O3. The highest BCUT2D eigenvalue weighted by atomic mass is 16.2. The van der Waals surface area contributed by atoms with Crippen molar-refractivity contribution in [1.29, 1.82) is 0 Å². The Hall–Kier alpha value is -2.63. The summed E-state index contributed by atoms with van der Waals surface area (Å²) < 4.78 is 0. The summed E-state index contributed by atoms with van der Waals surface area (Å²) in [5.41, 5.74) is 2.64. The third-order valence-corrected chi connectivity index (χ3v) is 3.88. The van der Waals surface area contributed by atoms with E-state index in [0.717, 1.165) is 11.3 Å². The second-order valence-corrected chi connectivity index (χ2v) is 6.86. The van der Waals surface area contributed by atoms with E-state index in [1.165, 1.54) is 0 Å². The Labute approximate surface area is 161 Å². The highest BCUT2D eigenvalue weighted by Gasteiger charge is 2.06. The van der Waals surface area contributed by atoms with E-state index in [2.05, 4.69) is 16.0 Å². The van der Waals surface area contributed by atoms with Crippen LogP contribution in [0.5, 0.6) is 0 Å². The van der Waals surface area contributed by atoms with Crippen molar-refractivity contribution < 1.29 is 14.4 Å². The number of hydrogen-bond acceptors (Lipinski definition) is 4. The number of ketones is 1. The van der Waals surface area contributed by atoms with Crippen molar-refractivity contribution in [2.24, 2.45) is 0 Å². The van der Waals surface area contributed by atoms with Gasteiger partial charge >= 0.3 is 0 Å². The quantitative estimate of drug-likeness (QED) is 0.521. The Morgan fingerprint density at radius 2 is 1.63 bits per heavy atom. The molecule has 0 saturated carbocycles. The van der Waals surface area contributed by atoms with Crippen molar-refractivity contribution in [3.05, 3.63) is 41.6 Å². The topological polar surface area (TPSA) is 87.3 Å². The lowest BCUT2D eigenvalue weighted by Gasteiger charge is -2.09. The fourth-order valence-corrected chi connectivity index (χ4v) is 2.59. The molecule has 0 aliphatic carbocycles. The third kappa shape index (κ3) is 10.2. The summed E-state index contributed by atoms with van der Waals surface area (Å²) in [4.78, 5) is 35.0. The molecule has 1 aromatic rings. The van der Waals surface area contributed by atoms with Gasteiger partial charge in [-0.05, 0) is 57.4 Å². The Bertz CT molecular complexity index is 664. The Morgan fingerprint density at radius 1 is 1.00 bits per heavy atom. The van der Waals surface area contributed by atoms with Gasteiger partial charge in [-0.15, -0.1) is 0 Å². The molecule has 0 aliphatic heterocycles. The van der Waals surface area contributed by atoms with Gasteiger partial charge in [0.15, 0.2) is 5.78 Å². The molecular weight excluding hydrogens is 342 g/mol. The minimum Gasteiger partial charge on any atom is -0.386 e. The molecule has 0 fully saturated rings. The summed E-state index contributed by atoms with van der Waals surface area (Å²) in [6, 6.07) is 7.79. The van der Waals surface area contributed by atoms with Crippen molar-refractivity contribution in [2.75, 3.05) is 12.4 Å². The van der Waals surface area contributed by atoms with Gasteiger partial charge in [0, 0.05) is 43.7 Å². The maximum absolute atomic E-state index is 12.0. The first-order chi connectivity index (χ1) is 12.8. The van der Waals surface area contributed by atoms with Crippen LogP contribution >= 0.6 is 0 Å². The van der Waals surface area contributed by atoms with E-state index in [1.807, 2.05) is 45.0 Å². The van der Waals surface area contributed by atoms with Gasteiger partial charge in [0.25, 0.3) is 0 Å². The smallest absolute Gasteiger partial charge is 0.224 e. The minimum atomic E-state index is -0.111. The van der Waals surface area contributed by atoms with Gasteiger partial charge in [-0.3, -0.25) is 14.4 Å². The second-order valence-electron chi connectivity index (χ2n) is 6.86. The summed E-state index contributed by atoms with van der Waals surface area (Å²) in [5, 5.41) is 8.55. The van der Waals surface area contributed by atoms with Crippen LogP contribution in [0.3, 0.4) is 0 Å². The van der Waals surface area contributed by atoms with Gasteiger partial charge < -0.3 is 16.0 Å². The van der Waals surface area contributed by atoms with Crippen molar-refractivity contribution in [1.82, 2.24) is 10.6 Å². The van der Waals surface area contributed by atoms with Crippen molar-refractivity contribution >= 4 is 23.3 Å². The molecule has 0 unspecified atom stereocenters. The van der Waals surface area contributed by atoms with Gasteiger partial charge in [0.1, 0.15) is 0 Å². The van der Waals surface area contributed by atoms with E-state index < -0.39 is 0 Å². The van der Waals surface area contributed by atoms with E-state index >= 15 is 0 Å². The van der Waals surface area contributed by atoms with Crippen LogP contribution in [0.25, 0.3) is 0 Å². The molecule has 0 saturated heterocycles. The number of anilines is 1. The molecule has 1 aromatic carbocycles. The van der Waals surface area contributed by atoms with Crippen LogP contribution in [0, 0.1) is 0 Å². The van der Waals surface area contributed by atoms with Gasteiger partial charge in [-0.2, -0.15) is 0 Å². The monoisotopic (exact) mass is 373 g/mol. The van der Waals surface area contributed by atoms with Gasteiger partial charge in [0.05, 0.1) is 0 Å². The molecule has 148 valence electrons. The Kier molecular flexibility index (Phi) is 9.86. The standard InChI is InChI=1S/C21H31N3O3/c1-15(2)23-16(3)14-19(25)13-10-17-8-11-18(12-9-17)24-21(27)7-5-6-20(26)22-4/h8-9,11-12,14-15,23H,5-7,10,13H2,1-4H3,(H,22,26)(H,24,27)/b16-14-. The first-order valence-corrected chi connectivity index (χ1v) is 9.37. The fraction of sp³-hybridized carbons (Fsp3) is 0.476. The van der Waals surface area contributed by atoms with Crippen molar-refractivity contribution in [3.63, 3.8) is 0 Å². The molecule has 0 heterocycles. The zero-order chi connectivity index (χ0) is 20.2. The molecule has 2 amide bonds. The molecule has 6 nitrogen and oxygen atoms in total. The summed E-state index contributed by atoms with van der Waals surface area (Å²) >= 11 is 0. The summed E-state index contributed by atoms with van der Waals surface area (Å²) in [5.74, 6) is -0.0824. The number of hydrogen-bond donors (Lipinski definition) is 3. The Balaban J connectivity index is 2.40. The van der Waals surface area contributed by atoms with Crippen LogP contribution in [-0.4, -0.2) is 30.7 Å². The van der Waals surface area contributed by atoms with Crippen LogP contribution in [-0.2, 0) is 20.8 Å². The zero-order valence-electron chi connectivity index (χ0n) is 16.7. The average molecular weight is 373 g/mol. The number of benzene rings is 1. The fourth-order valence-electron chi connectivity index (χ4n) is 2.59. The molecule has 0 aliphatic rings. The number of aryl methyl sites for hydroxylation is 1. The van der Waals surface area contributed by atoms with Crippen LogP contribution < -0.4 is 16.0 Å². The van der Waals surface area contributed by atoms with Crippen LogP contribution in [0.2, 0.25) is 0 Å². The molecule has 0 radical (unpaired) electrons. The molecule has 0 bridgehead atoms. The van der Waals surface area contributed by atoms with Gasteiger partial charge in [-0.1, -0.05) is 12.1 Å². The average Bonchev–Trinajstić information content (AvgIpc) is 2.60. The van der Waals surface area contributed by atoms with Crippen molar-refractivity contribution in [2.45, 2.75) is 58.9 Å². The number of rotatable bonds is 11. The molecule has 0 spiro atoms. The third-order valence-electron chi connectivity index (χ3n) is 3.88. The molecule has 0 atom stereocenters. The highest BCUT2D eigenvalue weighted by Crippen LogP contribution is 2.12. The SMILES string of the molecule is CNC(=O)CCCC(=O)Nc1ccc(CCC(=O)/C=C(/C)NC(C)C)cc1. The highest BCUT2D eigenvalue weighted by molar-refractivity contribution is 5.91. The maximum atomic E-state index is 12.0. The number of amides is 2. The number of carbonyl (C=O) groups is 3. The van der Waals surface area contributed by atoms with Gasteiger partial charge in [0.2, 0.25) is 11.8 Å². The van der Waals surface area contributed by atoms with Crippen LogP contribution in [0.15, 0.2) is 36.0 Å². The predicted molar refractivity (Wildman–Crippen MR) is 108 cm³/mol. The van der Waals surface area contributed by atoms with E-state index in [1.54, 1.807) is 13.1 Å². The largest absolute Gasteiger partial charge is 0.386 e. The van der Waals surface area contributed by atoms with E-state index in [-0.39, 0.29) is 17.6 Å². The number of carbonyl (C=O) groups excluding carboxylic acids is 3. The predicted octanol–water partition coefficient (Wildman–Crippen LogP) is 2.94. The molecule has 3 N–H and O–H groups in total.